The summed E-state index contributed by atoms with van der Waals surface area (Å²) < 4.78 is 91.8. The highest BCUT2D eigenvalue weighted by molar-refractivity contribution is 5.39. The van der Waals surface area contributed by atoms with Crippen molar-refractivity contribution in [2.75, 3.05) is 0 Å². The van der Waals surface area contributed by atoms with Crippen molar-refractivity contribution in [2.45, 2.75) is 73.3 Å². The van der Waals surface area contributed by atoms with Gasteiger partial charge >= 0.3 is 23.7 Å². The highest BCUT2D eigenvalue weighted by Gasteiger charge is 2.37. The summed E-state index contributed by atoms with van der Waals surface area (Å²) >= 11 is 0. The maximum absolute atomic E-state index is 13.3. The first kappa shape index (κ1) is 40.0. The Bertz CT molecular complexity index is 2300. The topological polar surface area (TPSA) is 139 Å². The molecule has 0 aliphatic carbocycles. The van der Waals surface area contributed by atoms with Crippen molar-refractivity contribution >= 4 is 0 Å². The molecule has 3 N–H and O–H groups in total. The quantitative estimate of drug-likeness (QED) is 0.140. The molecular formula is C37H36F6N4O6. The fraction of sp³-hybridized carbons (Fsp3) is 0.297. The van der Waals surface area contributed by atoms with Gasteiger partial charge in [0, 0.05) is 0 Å². The summed E-state index contributed by atoms with van der Waals surface area (Å²) in [6, 6.07) is 11.9. The number of benzene rings is 3. The smallest absolute Gasteiger partial charge is 0.416 e. The van der Waals surface area contributed by atoms with Gasteiger partial charge in [0.25, 0.3) is 11.1 Å². The van der Waals surface area contributed by atoms with Crippen molar-refractivity contribution in [2.24, 2.45) is 0 Å². The third-order valence-electron chi connectivity index (χ3n) is 7.77. The van der Waals surface area contributed by atoms with E-state index in [-0.39, 0.29) is 35.6 Å². The van der Waals surface area contributed by atoms with Crippen LogP contribution < -0.4 is 32.0 Å². The number of rotatable bonds is 8. The fourth-order valence-electron chi connectivity index (χ4n) is 5.57. The molecule has 3 aromatic carbocycles. The standard InChI is InChI=1S/C23H20F6N2O3.C14H16N2O3/c1-4-18-19(32)30-21(33)31(20(18)34-17-6-12(2)5-13(3)7-17)11-14-8-15(22(24,25)26)10-16(9-14)23(27,28)29;1-4-11-12(17)15-14(18)16-13(11)19-10-6-8(2)5-9(3)7-10/h5-10H,4,11H2,1-3H3,(H,30,32,33);5-7H,4H2,1-3H3,(H2,15,16,17,18). The Morgan fingerprint density at radius 2 is 1.04 bits per heavy atom. The Balaban J connectivity index is 0.000000278. The van der Waals surface area contributed by atoms with E-state index in [0.29, 0.717) is 29.9 Å². The number of aryl methyl sites for hydroxylation is 4. The lowest BCUT2D eigenvalue weighted by molar-refractivity contribution is -0.143. The molecule has 0 amide bonds. The monoisotopic (exact) mass is 746 g/mol. The largest absolute Gasteiger partial charge is 0.440 e. The second kappa shape index (κ2) is 15.8. The number of H-pyrrole nitrogens is 3. The third kappa shape index (κ3) is 10.2. The van der Waals surface area contributed by atoms with Crippen molar-refractivity contribution in [1.29, 1.82) is 0 Å². The summed E-state index contributed by atoms with van der Waals surface area (Å²) in [4.78, 5) is 54.7. The number of alkyl halides is 6. The van der Waals surface area contributed by atoms with Gasteiger partial charge in [-0.25, -0.2) is 9.59 Å². The van der Waals surface area contributed by atoms with Crippen LogP contribution in [0.5, 0.6) is 23.3 Å². The molecule has 0 aliphatic rings. The fourth-order valence-corrected chi connectivity index (χ4v) is 5.57. The summed E-state index contributed by atoms with van der Waals surface area (Å²) in [5, 5.41) is 0. The van der Waals surface area contributed by atoms with E-state index in [2.05, 4.69) is 9.97 Å². The normalized spacial score (nSPS) is 11.5. The van der Waals surface area contributed by atoms with Crippen LogP contribution in [0.2, 0.25) is 0 Å². The van der Waals surface area contributed by atoms with Gasteiger partial charge in [0.1, 0.15) is 11.5 Å². The van der Waals surface area contributed by atoms with E-state index in [9.17, 15) is 45.5 Å². The number of aromatic amines is 3. The van der Waals surface area contributed by atoms with Crippen LogP contribution >= 0.6 is 0 Å². The number of halogens is 6. The van der Waals surface area contributed by atoms with E-state index < -0.39 is 58.1 Å². The maximum atomic E-state index is 13.3. The van der Waals surface area contributed by atoms with Crippen LogP contribution in [0, 0.1) is 27.7 Å². The number of hydrogen-bond donors (Lipinski definition) is 3. The second-order valence-electron chi connectivity index (χ2n) is 12.3. The molecule has 0 radical (unpaired) electrons. The van der Waals surface area contributed by atoms with Gasteiger partial charge in [0.2, 0.25) is 11.8 Å². The van der Waals surface area contributed by atoms with Gasteiger partial charge in [-0.05, 0) is 111 Å². The van der Waals surface area contributed by atoms with E-state index in [1.807, 2.05) is 50.0 Å². The molecule has 0 atom stereocenters. The highest BCUT2D eigenvalue weighted by Crippen LogP contribution is 2.37. The lowest BCUT2D eigenvalue weighted by Gasteiger charge is -2.18. The predicted octanol–water partition coefficient (Wildman–Crippen LogP) is 7.63. The Labute approximate surface area is 298 Å². The zero-order valence-electron chi connectivity index (χ0n) is 29.5. The molecule has 5 aromatic rings. The minimum atomic E-state index is -5.04. The Kier molecular flexibility index (Phi) is 11.9. The molecule has 2 heterocycles. The molecule has 0 fully saturated rings. The van der Waals surface area contributed by atoms with Crippen LogP contribution in [-0.2, 0) is 31.7 Å². The summed E-state index contributed by atoms with van der Waals surface area (Å²) in [6.07, 6.45) is -9.52. The van der Waals surface area contributed by atoms with Crippen molar-refractivity contribution in [3.8, 4) is 23.3 Å². The average Bonchev–Trinajstić information content (AvgIpc) is 3.01. The number of ether oxygens (including phenoxy) is 2. The van der Waals surface area contributed by atoms with Gasteiger partial charge in [0.05, 0.1) is 28.8 Å². The highest BCUT2D eigenvalue weighted by atomic mass is 19.4. The number of nitrogens with zero attached hydrogens (tertiary/aromatic N) is 1. The van der Waals surface area contributed by atoms with Gasteiger partial charge in [-0.15, -0.1) is 0 Å². The molecule has 2 aromatic heterocycles. The first-order valence-electron chi connectivity index (χ1n) is 16.2. The average molecular weight is 747 g/mol. The van der Waals surface area contributed by atoms with Gasteiger partial charge in [-0.3, -0.25) is 29.1 Å². The minimum absolute atomic E-state index is 0.00352. The Morgan fingerprint density at radius 3 is 1.49 bits per heavy atom. The molecular weight excluding hydrogens is 710 g/mol. The summed E-state index contributed by atoms with van der Waals surface area (Å²) in [5.74, 6) is 0.813. The molecule has 282 valence electrons. The van der Waals surface area contributed by atoms with Crippen molar-refractivity contribution in [3.05, 3.63) is 146 Å². The molecule has 0 saturated heterocycles. The van der Waals surface area contributed by atoms with Gasteiger partial charge in [0.15, 0.2) is 0 Å². The van der Waals surface area contributed by atoms with Crippen molar-refractivity contribution < 1.29 is 35.8 Å². The molecule has 0 unspecified atom stereocenters. The first-order valence-corrected chi connectivity index (χ1v) is 16.2. The molecule has 0 spiro atoms. The molecule has 5 rings (SSSR count). The van der Waals surface area contributed by atoms with E-state index in [1.165, 1.54) is 0 Å². The van der Waals surface area contributed by atoms with E-state index in [1.54, 1.807) is 32.9 Å². The Hall–Kier alpha value is -5.80. The first-order chi connectivity index (χ1) is 24.7. The molecule has 53 heavy (non-hydrogen) atoms. The minimum Gasteiger partial charge on any atom is -0.440 e. The third-order valence-corrected chi connectivity index (χ3v) is 7.77. The molecule has 16 heteroatoms. The van der Waals surface area contributed by atoms with Gasteiger partial charge in [-0.2, -0.15) is 26.3 Å². The number of nitrogens with one attached hydrogen (secondary N) is 3. The Morgan fingerprint density at radius 1 is 0.585 bits per heavy atom. The van der Waals surface area contributed by atoms with Crippen molar-refractivity contribution in [3.63, 3.8) is 0 Å². The lowest BCUT2D eigenvalue weighted by Crippen LogP contribution is -2.33. The predicted molar refractivity (Wildman–Crippen MR) is 185 cm³/mol. The molecule has 0 bridgehead atoms. The number of hydrogen-bond acceptors (Lipinski definition) is 6. The van der Waals surface area contributed by atoms with Crippen LogP contribution in [0.3, 0.4) is 0 Å². The van der Waals surface area contributed by atoms with Crippen LogP contribution in [0.25, 0.3) is 0 Å². The van der Waals surface area contributed by atoms with Gasteiger partial charge < -0.3 is 9.47 Å². The lowest BCUT2D eigenvalue weighted by atomic mass is 10.0. The maximum Gasteiger partial charge on any atom is 0.416 e. The molecule has 0 aliphatic heterocycles. The van der Waals surface area contributed by atoms with Crippen molar-refractivity contribution in [1.82, 2.24) is 19.5 Å². The number of aromatic nitrogens is 4. The van der Waals surface area contributed by atoms with E-state index in [4.69, 9.17) is 9.47 Å². The van der Waals surface area contributed by atoms with Crippen LogP contribution in [0.1, 0.15) is 63.9 Å². The zero-order valence-corrected chi connectivity index (χ0v) is 29.5. The SMILES string of the molecule is CCc1c(Oc2cc(C)cc(C)c2)[nH]c(=O)[nH]c1=O.CCc1c(Oc2cc(C)cc(C)c2)n(Cc2cc(C(F)(F)F)cc(C(F)(F)F)c2)c(=O)[nH]c1=O. The van der Waals surface area contributed by atoms with Gasteiger partial charge in [-0.1, -0.05) is 26.0 Å². The second-order valence-corrected chi connectivity index (χ2v) is 12.3. The van der Waals surface area contributed by atoms with Crippen LogP contribution in [0.15, 0.2) is 73.8 Å². The summed E-state index contributed by atoms with van der Waals surface area (Å²) in [6.45, 7) is 10.2. The van der Waals surface area contributed by atoms with E-state index in [0.717, 1.165) is 26.8 Å². The van der Waals surface area contributed by atoms with E-state index >= 15 is 0 Å². The summed E-state index contributed by atoms with van der Waals surface area (Å²) in [7, 11) is 0. The molecule has 10 nitrogen and oxygen atoms in total. The van der Waals surface area contributed by atoms with Crippen LogP contribution in [0.4, 0.5) is 26.3 Å². The summed E-state index contributed by atoms with van der Waals surface area (Å²) in [5.41, 5.74) is -2.07. The molecule has 0 saturated carbocycles. The zero-order chi connectivity index (χ0) is 39.4. The van der Waals surface area contributed by atoms with Crippen LogP contribution in [-0.4, -0.2) is 19.5 Å².